The Morgan fingerprint density at radius 3 is 2.59 bits per heavy atom. The Kier molecular flexibility index (Phi) is 5.15. The number of fused-ring (bicyclic) bond motifs is 3. The van der Waals surface area contributed by atoms with E-state index >= 15 is 0 Å². The van der Waals surface area contributed by atoms with Crippen LogP contribution < -0.4 is 10.2 Å². The van der Waals surface area contributed by atoms with E-state index in [1.165, 1.54) is 0 Å². The highest BCUT2D eigenvalue weighted by Gasteiger charge is 2.43. The summed E-state index contributed by atoms with van der Waals surface area (Å²) in [5, 5.41) is 11.4. The third-order valence-corrected chi connectivity index (χ3v) is 7.22. The summed E-state index contributed by atoms with van der Waals surface area (Å²) in [5.74, 6) is 0.650. The fourth-order valence-electron chi connectivity index (χ4n) is 5.13. The van der Waals surface area contributed by atoms with Crippen LogP contribution in [0.15, 0.2) is 54.6 Å². The van der Waals surface area contributed by atoms with Crippen molar-refractivity contribution in [3.63, 3.8) is 0 Å². The van der Waals surface area contributed by atoms with Crippen LogP contribution in [0.4, 0.5) is 11.4 Å². The van der Waals surface area contributed by atoms with Crippen LogP contribution in [0.25, 0.3) is 33.5 Å². The van der Waals surface area contributed by atoms with Gasteiger partial charge in [-0.15, -0.1) is 0 Å². The topological polar surface area (TPSA) is 107 Å². The maximum atomic E-state index is 12.9. The maximum Gasteiger partial charge on any atom is 0.237 e. The number of carbonyl (C=O) groups is 2. The summed E-state index contributed by atoms with van der Waals surface area (Å²) < 4.78 is 0. The summed E-state index contributed by atoms with van der Waals surface area (Å²) >= 11 is 0. The lowest BCUT2D eigenvalue weighted by atomic mass is 9.86. The molecule has 0 fully saturated rings. The van der Waals surface area contributed by atoms with Gasteiger partial charge in [0, 0.05) is 17.6 Å². The predicted octanol–water partition coefficient (Wildman–Crippen LogP) is 5.24. The van der Waals surface area contributed by atoms with E-state index in [0.717, 1.165) is 44.3 Å². The highest BCUT2D eigenvalue weighted by Crippen LogP contribution is 2.43. The van der Waals surface area contributed by atoms with Crippen LogP contribution in [-0.4, -0.2) is 38.5 Å². The normalized spacial score (nSPS) is 14.5. The lowest BCUT2D eigenvalue weighted by molar-refractivity contribution is -0.122. The first-order valence-electron chi connectivity index (χ1n) is 12.4. The second kappa shape index (κ2) is 8.30. The van der Waals surface area contributed by atoms with Crippen LogP contribution in [0.2, 0.25) is 0 Å². The number of amides is 2. The Morgan fingerprint density at radius 2 is 1.84 bits per heavy atom. The van der Waals surface area contributed by atoms with Crippen LogP contribution in [0, 0.1) is 6.92 Å². The molecule has 0 aliphatic carbocycles. The molecule has 2 aromatic heterocycles. The van der Waals surface area contributed by atoms with E-state index in [4.69, 9.17) is 4.98 Å². The first-order chi connectivity index (χ1) is 17.7. The SMILES string of the molecule is CCN1C(=O)C(C)(C)c2cc3[nH]c(-c4n[nH]c5ccc(NC(=O)Cc6ccc(C)cc6)cc45)nc3cc21. The quantitative estimate of drug-likeness (QED) is 0.312. The number of anilines is 2. The molecule has 37 heavy (non-hydrogen) atoms. The Bertz CT molecular complexity index is 1690. The van der Waals surface area contributed by atoms with Crippen molar-refractivity contribution in [3.05, 3.63) is 71.3 Å². The third kappa shape index (κ3) is 3.76. The number of aryl methyl sites for hydroxylation is 1. The highest BCUT2D eigenvalue weighted by molar-refractivity contribution is 6.09. The fraction of sp³-hybridized carbons (Fsp3) is 0.241. The van der Waals surface area contributed by atoms with Gasteiger partial charge in [-0.1, -0.05) is 29.8 Å². The molecule has 1 aliphatic heterocycles. The van der Waals surface area contributed by atoms with Crippen LogP contribution in [0.3, 0.4) is 0 Å². The van der Waals surface area contributed by atoms with E-state index in [1.54, 1.807) is 0 Å². The van der Waals surface area contributed by atoms with Crippen molar-refractivity contribution in [2.75, 3.05) is 16.8 Å². The van der Waals surface area contributed by atoms with Crippen LogP contribution >= 0.6 is 0 Å². The number of aromatic nitrogens is 4. The lowest BCUT2D eigenvalue weighted by Crippen LogP contribution is -2.35. The number of likely N-dealkylation sites (N-methyl/N-ethyl adjacent to an activating group) is 1. The number of hydrogen-bond donors (Lipinski definition) is 3. The fourth-order valence-corrected chi connectivity index (χ4v) is 5.13. The van der Waals surface area contributed by atoms with Crippen molar-refractivity contribution in [2.24, 2.45) is 0 Å². The number of nitrogens with zero attached hydrogens (tertiary/aromatic N) is 3. The summed E-state index contributed by atoms with van der Waals surface area (Å²) in [6, 6.07) is 17.6. The zero-order valence-electron chi connectivity index (χ0n) is 21.3. The summed E-state index contributed by atoms with van der Waals surface area (Å²) in [5.41, 5.74) is 7.29. The molecule has 0 spiro atoms. The Labute approximate surface area is 214 Å². The van der Waals surface area contributed by atoms with E-state index in [-0.39, 0.29) is 11.8 Å². The largest absolute Gasteiger partial charge is 0.337 e. The van der Waals surface area contributed by atoms with E-state index in [9.17, 15) is 9.59 Å². The summed E-state index contributed by atoms with van der Waals surface area (Å²) in [4.78, 5) is 35.6. The summed E-state index contributed by atoms with van der Waals surface area (Å²) in [6.07, 6.45) is 0.304. The molecule has 3 N–H and O–H groups in total. The summed E-state index contributed by atoms with van der Waals surface area (Å²) in [6.45, 7) is 8.54. The van der Waals surface area contributed by atoms with Gasteiger partial charge in [0.1, 0.15) is 5.69 Å². The van der Waals surface area contributed by atoms with Crippen LogP contribution in [0.1, 0.15) is 37.5 Å². The van der Waals surface area contributed by atoms with Gasteiger partial charge in [0.15, 0.2) is 5.82 Å². The van der Waals surface area contributed by atoms with Gasteiger partial charge in [-0.25, -0.2) is 4.98 Å². The van der Waals surface area contributed by atoms with Gasteiger partial charge < -0.3 is 15.2 Å². The van der Waals surface area contributed by atoms with Gasteiger partial charge in [0.05, 0.1) is 34.1 Å². The Balaban J connectivity index is 1.33. The Hall–Kier alpha value is -4.46. The number of imidazole rings is 1. The summed E-state index contributed by atoms with van der Waals surface area (Å²) in [7, 11) is 0. The number of nitrogens with one attached hydrogen (secondary N) is 3. The molecule has 0 unspecified atom stereocenters. The number of rotatable bonds is 5. The first-order valence-corrected chi connectivity index (χ1v) is 12.4. The molecule has 0 bridgehead atoms. The minimum atomic E-state index is -0.588. The molecule has 1 aliphatic rings. The standard InChI is InChI=1S/C29H28N6O2/c1-5-35-24-15-23-22(14-20(24)29(3,4)28(35)37)31-27(32-23)26-19-13-18(10-11-21(19)33-34-26)30-25(36)12-17-8-6-16(2)7-9-17/h6-11,13-15H,5,12H2,1-4H3,(H,30,36)(H,31,32)(H,33,34). The van der Waals surface area contributed by atoms with Crippen molar-refractivity contribution >= 4 is 45.1 Å². The molecule has 6 rings (SSSR count). The average Bonchev–Trinajstić information content (AvgIpc) is 3.52. The predicted molar refractivity (Wildman–Crippen MR) is 146 cm³/mol. The molecule has 8 nitrogen and oxygen atoms in total. The Morgan fingerprint density at radius 1 is 1.05 bits per heavy atom. The molecule has 0 saturated heterocycles. The second-order valence-corrected chi connectivity index (χ2v) is 10.2. The zero-order valence-corrected chi connectivity index (χ0v) is 21.3. The van der Waals surface area contributed by atoms with Gasteiger partial charge in [-0.2, -0.15) is 5.10 Å². The van der Waals surface area contributed by atoms with Crippen LogP contribution in [0.5, 0.6) is 0 Å². The van der Waals surface area contributed by atoms with E-state index < -0.39 is 5.41 Å². The molecule has 2 amide bonds. The van der Waals surface area contributed by atoms with Crippen molar-refractivity contribution < 1.29 is 9.59 Å². The van der Waals surface area contributed by atoms with Crippen molar-refractivity contribution in [1.82, 2.24) is 20.2 Å². The van der Waals surface area contributed by atoms with Gasteiger partial charge in [0.2, 0.25) is 11.8 Å². The maximum absolute atomic E-state index is 12.9. The number of benzene rings is 3. The average molecular weight is 493 g/mol. The number of carbonyl (C=O) groups excluding carboxylic acids is 2. The first kappa shape index (κ1) is 23.0. The molecule has 0 atom stereocenters. The molecule has 3 aromatic carbocycles. The second-order valence-electron chi connectivity index (χ2n) is 10.2. The van der Waals surface area contributed by atoms with Crippen molar-refractivity contribution in [2.45, 2.75) is 39.5 Å². The number of hydrogen-bond acceptors (Lipinski definition) is 4. The molecule has 8 heteroatoms. The molecule has 3 heterocycles. The van der Waals surface area contributed by atoms with E-state index in [1.807, 2.05) is 87.2 Å². The molecule has 5 aromatic rings. The third-order valence-electron chi connectivity index (χ3n) is 7.22. The lowest BCUT2D eigenvalue weighted by Gasteiger charge is -2.18. The number of aromatic amines is 2. The monoisotopic (exact) mass is 492 g/mol. The molecule has 0 saturated carbocycles. The van der Waals surface area contributed by atoms with Gasteiger partial charge in [-0.05, 0) is 69.2 Å². The van der Waals surface area contributed by atoms with Gasteiger partial charge in [0.25, 0.3) is 0 Å². The zero-order chi connectivity index (χ0) is 25.9. The minimum absolute atomic E-state index is 0.0795. The van der Waals surface area contributed by atoms with Crippen molar-refractivity contribution in [3.8, 4) is 11.5 Å². The van der Waals surface area contributed by atoms with Crippen LogP contribution in [-0.2, 0) is 21.4 Å². The molecular weight excluding hydrogens is 464 g/mol. The minimum Gasteiger partial charge on any atom is -0.337 e. The molecular formula is C29H28N6O2. The smallest absolute Gasteiger partial charge is 0.237 e. The van der Waals surface area contributed by atoms with Gasteiger partial charge in [-0.3, -0.25) is 14.7 Å². The van der Waals surface area contributed by atoms with Gasteiger partial charge >= 0.3 is 0 Å². The van der Waals surface area contributed by atoms with Crippen molar-refractivity contribution in [1.29, 1.82) is 0 Å². The van der Waals surface area contributed by atoms with E-state index in [2.05, 4.69) is 20.5 Å². The number of H-pyrrole nitrogens is 2. The van der Waals surface area contributed by atoms with E-state index in [0.29, 0.717) is 30.2 Å². The molecule has 0 radical (unpaired) electrons. The molecule has 186 valence electrons. The highest BCUT2D eigenvalue weighted by atomic mass is 16.2.